The predicted octanol–water partition coefficient (Wildman–Crippen LogP) is 6.47. The Balaban J connectivity index is 1.65. The van der Waals surface area contributed by atoms with Crippen LogP contribution in [-0.4, -0.2) is 26.9 Å². The SMILES string of the molecule is Cc1cccc(C)c1C(=O)c1sc2cc(O)ccc2c1-c1ccc(-c2nc(C(=O)O)co2)cc1. The van der Waals surface area contributed by atoms with E-state index < -0.39 is 5.97 Å². The van der Waals surface area contributed by atoms with Crippen molar-refractivity contribution in [1.82, 2.24) is 4.98 Å². The van der Waals surface area contributed by atoms with Crippen LogP contribution in [0.2, 0.25) is 0 Å². The predicted molar refractivity (Wildman–Crippen MR) is 131 cm³/mol. The Morgan fingerprint density at radius 2 is 1.62 bits per heavy atom. The molecule has 0 saturated heterocycles. The van der Waals surface area contributed by atoms with E-state index in [1.807, 2.05) is 50.2 Å². The molecule has 0 bridgehead atoms. The number of phenolic OH excluding ortho intramolecular Hbond substituents is 1. The van der Waals surface area contributed by atoms with Crippen molar-refractivity contribution in [2.45, 2.75) is 13.8 Å². The smallest absolute Gasteiger partial charge is 0.357 e. The molecule has 7 heteroatoms. The van der Waals surface area contributed by atoms with Crippen LogP contribution < -0.4 is 0 Å². The van der Waals surface area contributed by atoms with Gasteiger partial charge in [-0.15, -0.1) is 11.3 Å². The number of nitrogens with zero attached hydrogens (tertiary/aromatic N) is 1. The lowest BCUT2D eigenvalue weighted by Crippen LogP contribution is -2.05. The first-order chi connectivity index (χ1) is 16.3. The van der Waals surface area contributed by atoms with Gasteiger partial charge in [-0.1, -0.05) is 30.3 Å². The fourth-order valence-corrected chi connectivity index (χ4v) is 5.31. The normalized spacial score (nSPS) is 11.1. The Bertz CT molecular complexity index is 1560. The highest BCUT2D eigenvalue weighted by Gasteiger charge is 2.24. The maximum Gasteiger partial charge on any atom is 0.357 e. The van der Waals surface area contributed by atoms with Gasteiger partial charge >= 0.3 is 5.97 Å². The zero-order valence-corrected chi connectivity index (χ0v) is 19.1. The molecule has 0 aliphatic heterocycles. The lowest BCUT2D eigenvalue weighted by molar-refractivity contribution is 0.0690. The Labute approximate surface area is 198 Å². The summed E-state index contributed by atoms with van der Waals surface area (Å²) in [6, 6.07) is 18.2. The summed E-state index contributed by atoms with van der Waals surface area (Å²) in [5.74, 6) is -0.876. The topological polar surface area (TPSA) is 101 Å². The average Bonchev–Trinajstić information content (AvgIpc) is 3.44. The number of oxazole rings is 1. The number of carbonyl (C=O) groups is 2. The van der Waals surface area contributed by atoms with Crippen molar-refractivity contribution in [3.63, 3.8) is 0 Å². The third kappa shape index (κ3) is 3.66. The summed E-state index contributed by atoms with van der Waals surface area (Å²) in [5, 5.41) is 20.0. The first-order valence-electron chi connectivity index (χ1n) is 10.5. The standard InChI is InChI=1S/C27H19NO5S/c1-14-4-3-5-15(2)22(14)24(30)25-23(19-11-10-18(29)12-21(19)34-25)16-6-8-17(9-7-16)26-28-20(13-33-26)27(31)32/h3-13,29H,1-2H3,(H,31,32). The van der Waals surface area contributed by atoms with Crippen LogP contribution in [0.5, 0.6) is 5.75 Å². The van der Waals surface area contributed by atoms with Gasteiger partial charge < -0.3 is 14.6 Å². The fourth-order valence-electron chi connectivity index (χ4n) is 4.10. The first-order valence-corrected chi connectivity index (χ1v) is 11.3. The summed E-state index contributed by atoms with van der Waals surface area (Å²) >= 11 is 1.35. The number of hydrogen-bond acceptors (Lipinski definition) is 6. The highest BCUT2D eigenvalue weighted by Crippen LogP contribution is 2.42. The van der Waals surface area contributed by atoms with E-state index in [9.17, 15) is 14.7 Å². The lowest BCUT2D eigenvalue weighted by atomic mass is 9.93. The number of aromatic hydroxyl groups is 1. The molecule has 0 spiro atoms. The van der Waals surface area contributed by atoms with Crippen LogP contribution >= 0.6 is 11.3 Å². The number of carbonyl (C=O) groups excluding carboxylic acids is 1. The summed E-state index contributed by atoms with van der Waals surface area (Å²) in [4.78, 5) is 29.4. The van der Waals surface area contributed by atoms with E-state index in [1.54, 1.807) is 24.3 Å². The monoisotopic (exact) mass is 469 g/mol. The van der Waals surface area contributed by atoms with Crippen LogP contribution in [0.1, 0.15) is 36.9 Å². The molecule has 168 valence electrons. The number of thiophene rings is 1. The van der Waals surface area contributed by atoms with Gasteiger partial charge in [0.05, 0.1) is 4.88 Å². The Morgan fingerprint density at radius 1 is 0.941 bits per heavy atom. The lowest BCUT2D eigenvalue weighted by Gasteiger charge is -2.10. The van der Waals surface area contributed by atoms with Gasteiger partial charge in [-0.3, -0.25) is 4.79 Å². The van der Waals surface area contributed by atoms with Crippen molar-refractivity contribution in [2.24, 2.45) is 0 Å². The largest absolute Gasteiger partial charge is 0.508 e. The Hall–Kier alpha value is -4.23. The van der Waals surface area contributed by atoms with Gasteiger partial charge in [-0.25, -0.2) is 9.78 Å². The maximum atomic E-state index is 13.8. The number of phenols is 1. The molecule has 0 saturated carbocycles. The van der Waals surface area contributed by atoms with E-state index in [-0.39, 0.29) is 23.1 Å². The fraction of sp³-hybridized carbons (Fsp3) is 0.0741. The van der Waals surface area contributed by atoms with Gasteiger partial charge in [0.25, 0.3) is 0 Å². The van der Waals surface area contributed by atoms with Gasteiger partial charge in [-0.05, 0) is 60.9 Å². The molecule has 3 aromatic carbocycles. The van der Waals surface area contributed by atoms with Crippen molar-refractivity contribution in [3.8, 4) is 28.3 Å². The number of ketones is 1. The van der Waals surface area contributed by atoms with Crippen molar-refractivity contribution < 1.29 is 24.2 Å². The number of benzene rings is 3. The van der Waals surface area contributed by atoms with Crippen molar-refractivity contribution >= 4 is 33.2 Å². The molecule has 2 aromatic heterocycles. The number of fused-ring (bicyclic) bond motifs is 1. The molecule has 5 rings (SSSR count). The van der Waals surface area contributed by atoms with Gasteiger partial charge in [-0.2, -0.15) is 0 Å². The summed E-state index contributed by atoms with van der Waals surface area (Å²) < 4.78 is 6.11. The number of hydrogen-bond donors (Lipinski definition) is 2. The van der Waals surface area contributed by atoms with Crippen LogP contribution in [0, 0.1) is 13.8 Å². The molecule has 5 aromatic rings. The van der Waals surface area contributed by atoms with Crippen molar-refractivity contribution in [1.29, 1.82) is 0 Å². The minimum absolute atomic E-state index is 0.0610. The number of aryl methyl sites for hydroxylation is 2. The maximum absolute atomic E-state index is 13.8. The number of aromatic nitrogens is 1. The average molecular weight is 470 g/mol. The molecule has 0 unspecified atom stereocenters. The van der Waals surface area contributed by atoms with Crippen LogP contribution in [0.4, 0.5) is 0 Å². The second-order valence-electron chi connectivity index (χ2n) is 8.00. The highest BCUT2D eigenvalue weighted by atomic mass is 32.1. The summed E-state index contributed by atoms with van der Waals surface area (Å²) in [7, 11) is 0. The van der Waals surface area contributed by atoms with E-state index in [2.05, 4.69) is 4.98 Å². The van der Waals surface area contributed by atoms with Gasteiger partial charge in [0.2, 0.25) is 11.7 Å². The van der Waals surface area contributed by atoms with E-state index in [0.29, 0.717) is 16.0 Å². The van der Waals surface area contributed by atoms with E-state index >= 15 is 0 Å². The van der Waals surface area contributed by atoms with Gasteiger partial charge in [0.1, 0.15) is 12.0 Å². The summed E-state index contributed by atoms with van der Waals surface area (Å²) in [6.07, 6.45) is 1.10. The zero-order chi connectivity index (χ0) is 24.0. The second-order valence-corrected chi connectivity index (χ2v) is 9.06. The quantitative estimate of drug-likeness (QED) is 0.286. The van der Waals surface area contributed by atoms with E-state index in [4.69, 9.17) is 9.52 Å². The number of carboxylic acid groups (broad SMARTS) is 1. The van der Waals surface area contributed by atoms with Gasteiger partial charge in [0.15, 0.2) is 5.69 Å². The molecule has 6 nitrogen and oxygen atoms in total. The molecule has 0 aliphatic rings. The van der Waals surface area contributed by atoms with Crippen LogP contribution in [0.3, 0.4) is 0 Å². The molecular formula is C27H19NO5S. The molecule has 0 aliphatic carbocycles. The number of aromatic carboxylic acids is 1. The van der Waals surface area contributed by atoms with Gasteiger partial charge in [0, 0.05) is 26.8 Å². The molecule has 0 fully saturated rings. The van der Waals surface area contributed by atoms with E-state index in [1.165, 1.54) is 11.3 Å². The highest BCUT2D eigenvalue weighted by molar-refractivity contribution is 7.21. The molecule has 0 amide bonds. The Morgan fingerprint density at radius 3 is 2.26 bits per heavy atom. The molecule has 0 radical (unpaired) electrons. The van der Waals surface area contributed by atoms with Crippen LogP contribution in [0.25, 0.3) is 32.7 Å². The van der Waals surface area contributed by atoms with Crippen molar-refractivity contribution in [3.05, 3.63) is 94.2 Å². The third-order valence-corrected chi connectivity index (χ3v) is 6.88. The number of rotatable bonds is 5. The zero-order valence-electron chi connectivity index (χ0n) is 18.3. The third-order valence-electron chi connectivity index (χ3n) is 5.73. The molecular weight excluding hydrogens is 450 g/mol. The molecule has 2 N–H and O–H groups in total. The molecule has 2 heterocycles. The second kappa shape index (κ2) is 8.28. The number of carboxylic acids is 1. The van der Waals surface area contributed by atoms with E-state index in [0.717, 1.165) is 38.6 Å². The summed E-state index contributed by atoms with van der Waals surface area (Å²) in [5.41, 5.74) is 4.56. The van der Waals surface area contributed by atoms with Crippen LogP contribution in [-0.2, 0) is 0 Å². The Kier molecular flexibility index (Phi) is 5.26. The van der Waals surface area contributed by atoms with Crippen LogP contribution in [0.15, 0.2) is 71.3 Å². The molecule has 34 heavy (non-hydrogen) atoms. The first kappa shape index (κ1) is 21.6. The molecule has 0 atom stereocenters. The summed E-state index contributed by atoms with van der Waals surface area (Å²) in [6.45, 7) is 3.85. The minimum Gasteiger partial charge on any atom is -0.508 e. The minimum atomic E-state index is -1.16. The van der Waals surface area contributed by atoms with Crippen molar-refractivity contribution in [2.75, 3.05) is 0 Å².